The predicted molar refractivity (Wildman–Crippen MR) is 51.0 cm³/mol. The summed E-state index contributed by atoms with van der Waals surface area (Å²) in [5.41, 5.74) is 3.18. The lowest BCUT2D eigenvalue weighted by molar-refractivity contribution is 1.24. The molecule has 2 heterocycles. The third-order valence-corrected chi connectivity index (χ3v) is 1.92. The molecule has 63 valence electrons. The molecule has 0 atom stereocenters. The van der Waals surface area contributed by atoms with E-state index in [-0.39, 0.29) is 0 Å². The fourth-order valence-electron chi connectivity index (χ4n) is 1.21. The first-order chi connectivity index (χ1) is 6.38. The van der Waals surface area contributed by atoms with Crippen LogP contribution in [0.25, 0.3) is 11.3 Å². The summed E-state index contributed by atoms with van der Waals surface area (Å²) in [4.78, 5) is 8.21. The summed E-state index contributed by atoms with van der Waals surface area (Å²) >= 11 is 0. The van der Waals surface area contributed by atoms with Gasteiger partial charge >= 0.3 is 0 Å². The third kappa shape index (κ3) is 1.56. The molecule has 1 radical (unpaired) electrons. The van der Waals surface area contributed by atoms with Crippen molar-refractivity contribution in [1.29, 1.82) is 0 Å². The average Bonchev–Trinajstić information content (AvgIpc) is 2.20. The van der Waals surface area contributed by atoms with Gasteiger partial charge in [-0.2, -0.15) is 0 Å². The summed E-state index contributed by atoms with van der Waals surface area (Å²) in [6.07, 6.45) is 6.42. The van der Waals surface area contributed by atoms with E-state index >= 15 is 0 Å². The second kappa shape index (κ2) is 3.35. The van der Waals surface area contributed by atoms with Crippen molar-refractivity contribution in [3.63, 3.8) is 0 Å². The minimum Gasteiger partial charge on any atom is -0.264 e. The maximum absolute atomic E-state index is 4.14. The predicted octanol–water partition coefficient (Wildman–Crippen LogP) is 2.25. The molecule has 0 spiro atoms. The second-order valence-electron chi connectivity index (χ2n) is 2.84. The van der Waals surface area contributed by atoms with Crippen molar-refractivity contribution in [3.8, 4) is 11.3 Å². The zero-order chi connectivity index (χ0) is 9.10. The van der Waals surface area contributed by atoms with E-state index in [1.54, 1.807) is 12.3 Å². The van der Waals surface area contributed by atoms with Gasteiger partial charge in [0, 0.05) is 18.0 Å². The molecule has 2 heteroatoms. The van der Waals surface area contributed by atoms with Crippen LogP contribution in [0.5, 0.6) is 0 Å². The Balaban J connectivity index is 2.54. The highest BCUT2D eigenvalue weighted by molar-refractivity contribution is 5.61. The first-order valence-electron chi connectivity index (χ1n) is 4.12. The van der Waals surface area contributed by atoms with Gasteiger partial charge in [0.1, 0.15) is 0 Å². The minimum atomic E-state index is 0.924. The van der Waals surface area contributed by atoms with Gasteiger partial charge < -0.3 is 0 Å². The largest absolute Gasteiger partial charge is 0.264 e. The molecule has 0 bridgehead atoms. The van der Waals surface area contributed by atoms with Crippen LogP contribution in [0.15, 0.2) is 36.7 Å². The SMILES string of the molecule is Cc1ccncc1-c1ccc[c]n1. The fourth-order valence-corrected chi connectivity index (χ4v) is 1.21. The maximum Gasteiger partial charge on any atom is 0.0893 e. The molecule has 0 aliphatic rings. The van der Waals surface area contributed by atoms with Crippen LogP contribution in [-0.4, -0.2) is 9.97 Å². The molecule has 0 aliphatic carbocycles. The van der Waals surface area contributed by atoms with Gasteiger partial charge in [0.15, 0.2) is 0 Å². The van der Waals surface area contributed by atoms with Crippen LogP contribution >= 0.6 is 0 Å². The van der Waals surface area contributed by atoms with Crippen molar-refractivity contribution < 1.29 is 0 Å². The topological polar surface area (TPSA) is 25.8 Å². The number of hydrogen-bond donors (Lipinski definition) is 0. The van der Waals surface area contributed by atoms with Gasteiger partial charge in [0.05, 0.1) is 11.9 Å². The molecular formula is C11H9N2. The number of nitrogens with zero attached hydrogens (tertiary/aromatic N) is 2. The second-order valence-corrected chi connectivity index (χ2v) is 2.84. The molecule has 0 amide bonds. The fraction of sp³-hybridized carbons (Fsp3) is 0.0909. The lowest BCUT2D eigenvalue weighted by Gasteiger charge is -2.02. The van der Waals surface area contributed by atoms with Crippen molar-refractivity contribution in [2.24, 2.45) is 0 Å². The molecule has 0 N–H and O–H groups in total. The standard InChI is InChI=1S/C11H9N2/c1-9-5-7-12-8-10(9)11-4-2-3-6-13-11/h2-5,7-8H,1H3. The van der Waals surface area contributed by atoms with Crippen LogP contribution in [0.2, 0.25) is 0 Å². The quantitative estimate of drug-likeness (QED) is 0.654. The van der Waals surface area contributed by atoms with E-state index in [0.29, 0.717) is 0 Å². The zero-order valence-corrected chi connectivity index (χ0v) is 7.36. The Labute approximate surface area is 77.3 Å². The van der Waals surface area contributed by atoms with Crippen molar-refractivity contribution in [2.45, 2.75) is 6.92 Å². The van der Waals surface area contributed by atoms with Crippen LogP contribution in [0.4, 0.5) is 0 Å². The van der Waals surface area contributed by atoms with Gasteiger partial charge in [0.2, 0.25) is 0 Å². The van der Waals surface area contributed by atoms with Gasteiger partial charge in [-0.15, -0.1) is 0 Å². The Morgan fingerprint density at radius 2 is 2.23 bits per heavy atom. The van der Waals surface area contributed by atoms with Gasteiger partial charge in [-0.3, -0.25) is 4.98 Å². The number of aromatic nitrogens is 2. The lowest BCUT2D eigenvalue weighted by atomic mass is 10.1. The summed E-state index contributed by atoms with van der Waals surface area (Å²) in [5.74, 6) is 0. The van der Waals surface area contributed by atoms with Crippen LogP contribution in [0.1, 0.15) is 5.56 Å². The molecule has 2 aromatic heterocycles. The number of hydrogen-bond acceptors (Lipinski definition) is 2. The maximum atomic E-state index is 4.14. The van der Waals surface area contributed by atoms with Crippen molar-refractivity contribution in [1.82, 2.24) is 9.97 Å². The molecule has 2 rings (SSSR count). The van der Waals surface area contributed by atoms with E-state index in [9.17, 15) is 0 Å². The summed E-state index contributed by atoms with van der Waals surface area (Å²) in [6, 6.07) is 7.65. The molecular weight excluding hydrogens is 160 g/mol. The number of pyridine rings is 2. The Kier molecular flexibility index (Phi) is 2.04. The van der Waals surface area contributed by atoms with Crippen LogP contribution in [0, 0.1) is 13.1 Å². The van der Waals surface area contributed by atoms with Gasteiger partial charge in [-0.05, 0) is 30.7 Å². The Morgan fingerprint density at radius 3 is 2.92 bits per heavy atom. The Morgan fingerprint density at radius 1 is 1.31 bits per heavy atom. The molecule has 2 aromatic rings. The van der Waals surface area contributed by atoms with Gasteiger partial charge in [-0.25, -0.2) is 4.98 Å². The first kappa shape index (κ1) is 7.92. The third-order valence-electron chi connectivity index (χ3n) is 1.92. The zero-order valence-electron chi connectivity index (χ0n) is 7.36. The van der Waals surface area contributed by atoms with E-state index in [2.05, 4.69) is 16.2 Å². The normalized spacial score (nSPS) is 9.92. The highest BCUT2D eigenvalue weighted by Crippen LogP contribution is 2.18. The summed E-state index contributed by atoms with van der Waals surface area (Å²) in [6.45, 7) is 2.05. The molecule has 0 aromatic carbocycles. The molecule has 0 saturated carbocycles. The van der Waals surface area contributed by atoms with E-state index in [1.807, 2.05) is 31.3 Å². The summed E-state index contributed by atoms with van der Waals surface area (Å²) in [5, 5.41) is 0. The van der Waals surface area contributed by atoms with Gasteiger partial charge in [-0.1, -0.05) is 6.07 Å². The Bertz CT molecular complexity index is 396. The molecule has 0 aliphatic heterocycles. The van der Waals surface area contributed by atoms with Crippen LogP contribution < -0.4 is 0 Å². The van der Waals surface area contributed by atoms with Gasteiger partial charge in [0.25, 0.3) is 0 Å². The highest BCUT2D eigenvalue weighted by Gasteiger charge is 2.00. The van der Waals surface area contributed by atoms with Crippen molar-refractivity contribution in [3.05, 3.63) is 48.4 Å². The summed E-state index contributed by atoms with van der Waals surface area (Å²) in [7, 11) is 0. The molecule has 2 nitrogen and oxygen atoms in total. The highest BCUT2D eigenvalue weighted by atomic mass is 14.7. The smallest absolute Gasteiger partial charge is 0.0893 e. The molecule has 0 unspecified atom stereocenters. The van der Waals surface area contributed by atoms with Crippen molar-refractivity contribution in [2.75, 3.05) is 0 Å². The number of aryl methyl sites for hydroxylation is 1. The first-order valence-corrected chi connectivity index (χ1v) is 4.12. The lowest BCUT2D eigenvalue weighted by Crippen LogP contribution is -1.86. The minimum absolute atomic E-state index is 0.924. The van der Waals surface area contributed by atoms with E-state index in [1.165, 1.54) is 5.56 Å². The monoisotopic (exact) mass is 169 g/mol. The van der Waals surface area contributed by atoms with E-state index < -0.39 is 0 Å². The molecule has 13 heavy (non-hydrogen) atoms. The number of rotatable bonds is 1. The molecule has 0 fully saturated rings. The van der Waals surface area contributed by atoms with Crippen LogP contribution in [-0.2, 0) is 0 Å². The van der Waals surface area contributed by atoms with Crippen molar-refractivity contribution >= 4 is 0 Å². The summed E-state index contributed by atoms with van der Waals surface area (Å²) < 4.78 is 0. The van der Waals surface area contributed by atoms with E-state index in [4.69, 9.17) is 0 Å². The Hall–Kier alpha value is -1.70. The average molecular weight is 169 g/mol. The van der Waals surface area contributed by atoms with E-state index in [0.717, 1.165) is 11.3 Å². The van der Waals surface area contributed by atoms with Crippen LogP contribution in [0.3, 0.4) is 0 Å². The molecule has 0 saturated heterocycles.